The molecule has 0 bridgehead atoms. The number of rotatable bonds is 3. The number of halogens is 1. The van der Waals surface area contributed by atoms with E-state index in [1.165, 1.54) is 6.21 Å². The van der Waals surface area contributed by atoms with Crippen molar-refractivity contribution in [1.29, 1.82) is 0 Å². The molecule has 24 heavy (non-hydrogen) atoms. The Kier molecular flexibility index (Phi) is 4.58. The van der Waals surface area contributed by atoms with Gasteiger partial charge in [0.05, 0.1) is 16.9 Å². The van der Waals surface area contributed by atoms with Gasteiger partial charge in [0.15, 0.2) is 0 Å². The Morgan fingerprint density at radius 3 is 2.62 bits per heavy atom. The van der Waals surface area contributed by atoms with Crippen LogP contribution in [0.25, 0.3) is 10.9 Å². The highest BCUT2D eigenvalue weighted by Crippen LogP contribution is 2.20. The second-order valence-corrected chi connectivity index (χ2v) is 5.33. The Morgan fingerprint density at radius 2 is 1.79 bits per heavy atom. The van der Waals surface area contributed by atoms with Crippen molar-refractivity contribution in [3.63, 3.8) is 0 Å². The summed E-state index contributed by atoms with van der Waals surface area (Å²) in [6, 6.07) is 14.3. The minimum atomic E-state index is -0.883. The number of nitrogens with one attached hydrogen (secondary N) is 3. The molecule has 0 unspecified atom stereocenters. The van der Waals surface area contributed by atoms with Crippen LogP contribution in [0.15, 0.2) is 59.8 Å². The summed E-state index contributed by atoms with van der Waals surface area (Å²) in [5.41, 5.74) is 4.31. The van der Waals surface area contributed by atoms with E-state index in [0.717, 1.165) is 16.5 Å². The zero-order valence-electron chi connectivity index (χ0n) is 12.4. The molecule has 3 rings (SSSR count). The number of fused-ring (bicyclic) bond motifs is 1. The standard InChI is InChI=1S/C17H13ClN4O2/c18-13-6-2-4-8-15(13)21-16(23)17(24)22-20-10-11-9-19-14-7-3-1-5-12(11)14/h1-10,19H,(H,21,23)(H,22,24)/b20-10+. The molecule has 1 heterocycles. The summed E-state index contributed by atoms with van der Waals surface area (Å²) in [6.45, 7) is 0. The molecule has 0 saturated heterocycles. The third-order valence-corrected chi connectivity index (χ3v) is 3.65. The maximum atomic E-state index is 11.8. The van der Waals surface area contributed by atoms with Gasteiger partial charge in [-0.2, -0.15) is 5.10 Å². The topological polar surface area (TPSA) is 86.3 Å². The van der Waals surface area contributed by atoms with E-state index in [1.54, 1.807) is 30.5 Å². The number of carbonyl (C=O) groups is 2. The molecule has 0 aliphatic rings. The van der Waals surface area contributed by atoms with Gasteiger partial charge in [0.25, 0.3) is 0 Å². The first-order valence-electron chi connectivity index (χ1n) is 7.10. The molecule has 3 N–H and O–H groups in total. The smallest absolute Gasteiger partial charge is 0.329 e. The fourth-order valence-corrected chi connectivity index (χ4v) is 2.34. The largest absolute Gasteiger partial charge is 0.361 e. The molecule has 0 aliphatic carbocycles. The van der Waals surface area contributed by atoms with Crippen molar-refractivity contribution in [1.82, 2.24) is 10.4 Å². The molecule has 2 aromatic carbocycles. The number of hydrazone groups is 1. The number of carbonyl (C=O) groups excluding carboxylic acids is 2. The molecule has 0 aliphatic heterocycles. The zero-order valence-corrected chi connectivity index (χ0v) is 13.2. The number of aromatic amines is 1. The van der Waals surface area contributed by atoms with Crippen molar-refractivity contribution >= 4 is 46.2 Å². The third-order valence-electron chi connectivity index (χ3n) is 3.32. The third kappa shape index (κ3) is 3.44. The SMILES string of the molecule is O=C(N/N=C/c1c[nH]c2ccccc12)C(=O)Nc1ccccc1Cl. The molecular formula is C17H13ClN4O2. The second-order valence-electron chi connectivity index (χ2n) is 4.92. The van der Waals surface area contributed by atoms with Crippen molar-refractivity contribution in [2.75, 3.05) is 5.32 Å². The van der Waals surface area contributed by atoms with Crippen LogP contribution in [0, 0.1) is 0 Å². The summed E-state index contributed by atoms with van der Waals surface area (Å²) in [6.07, 6.45) is 3.24. The lowest BCUT2D eigenvalue weighted by Crippen LogP contribution is -2.32. The van der Waals surface area contributed by atoms with Gasteiger partial charge in [-0.1, -0.05) is 41.9 Å². The van der Waals surface area contributed by atoms with Crippen molar-refractivity contribution in [3.8, 4) is 0 Å². The predicted molar refractivity (Wildman–Crippen MR) is 94.1 cm³/mol. The van der Waals surface area contributed by atoms with Crippen LogP contribution in [-0.2, 0) is 9.59 Å². The van der Waals surface area contributed by atoms with Crippen molar-refractivity contribution in [3.05, 3.63) is 65.3 Å². The van der Waals surface area contributed by atoms with Crippen molar-refractivity contribution < 1.29 is 9.59 Å². The first kappa shape index (κ1) is 15.8. The second kappa shape index (κ2) is 6.97. The number of benzene rings is 2. The van der Waals surface area contributed by atoms with E-state index in [-0.39, 0.29) is 0 Å². The summed E-state index contributed by atoms with van der Waals surface area (Å²) in [5, 5.41) is 7.55. The van der Waals surface area contributed by atoms with E-state index in [0.29, 0.717) is 10.7 Å². The minimum Gasteiger partial charge on any atom is -0.361 e. The number of H-pyrrole nitrogens is 1. The van der Waals surface area contributed by atoms with Gasteiger partial charge in [0, 0.05) is 22.7 Å². The maximum absolute atomic E-state index is 11.8. The summed E-state index contributed by atoms with van der Waals surface area (Å²) >= 11 is 5.92. The maximum Gasteiger partial charge on any atom is 0.329 e. The number of para-hydroxylation sites is 2. The molecule has 2 amide bonds. The van der Waals surface area contributed by atoms with E-state index in [2.05, 4.69) is 20.8 Å². The molecule has 0 fully saturated rings. The van der Waals surface area contributed by atoms with E-state index < -0.39 is 11.8 Å². The zero-order chi connectivity index (χ0) is 16.9. The number of aromatic nitrogens is 1. The Bertz CT molecular complexity index is 933. The predicted octanol–water partition coefficient (Wildman–Crippen LogP) is 2.91. The molecule has 6 nitrogen and oxygen atoms in total. The molecule has 3 aromatic rings. The average Bonchev–Trinajstić information content (AvgIpc) is 3.00. The molecule has 7 heteroatoms. The van der Waals surface area contributed by atoms with Gasteiger partial charge in [-0.15, -0.1) is 0 Å². The Morgan fingerprint density at radius 1 is 1.04 bits per heavy atom. The van der Waals surface area contributed by atoms with E-state index in [4.69, 9.17) is 11.6 Å². The molecule has 0 saturated carbocycles. The fourth-order valence-electron chi connectivity index (χ4n) is 2.15. The van der Waals surface area contributed by atoms with E-state index >= 15 is 0 Å². The normalized spacial score (nSPS) is 10.9. The lowest BCUT2D eigenvalue weighted by atomic mass is 10.2. The number of amides is 2. The quantitative estimate of drug-likeness (QED) is 0.389. The Hall–Kier alpha value is -3.12. The van der Waals surface area contributed by atoms with Crippen LogP contribution in [0.3, 0.4) is 0 Å². The Balaban J connectivity index is 1.62. The molecule has 1 aromatic heterocycles. The monoisotopic (exact) mass is 340 g/mol. The minimum absolute atomic E-state index is 0.348. The first-order valence-corrected chi connectivity index (χ1v) is 7.48. The van der Waals surface area contributed by atoms with Crippen LogP contribution < -0.4 is 10.7 Å². The van der Waals surface area contributed by atoms with Crippen molar-refractivity contribution in [2.45, 2.75) is 0 Å². The van der Waals surface area contributed by atoms with Crippen LogP contribution in [-0.4, -0.2) is 23.0 Å². The summed E-state index contributed by atoms with van der Waals surface area (Å²) < 4.78 is 0. The van der Waals surface area contributed by atoms with Gasteiger partial charge in [-0.25, -0.2) is 5.43 Å². The molecule has 120 valence electrons. The number of nitrogens with zero attached hydrogens (tertiary/aromatic N) is 1. The highest BCUT2D eigenvalue weighted by Gasteiger charge is 2.14. The number of anilines is 1. The summed E-state index contributed by atoms with van der Waals surface area (Å²) in [7, 11) is 0. The van der Waals surface area contributed by atoms with Gasteiger partial charge in [-0.3, -0.25) is 9.59 Å². The Labute approximate surface area is 142 Å². The molecular weight excluding hydrogens is 328 g/mol. The van der Waals surface area contributed by atoms with Crippen molar-refractivity contribution in [2.24, 2.45) is 5.10 Å². The van der Waals surface area contributed by atoms with Gasteiger partial charge in [0.2, 0.25) is 0 Å². The van der Waals surface area contributed by atoms with Crippen LogP contribution in [0.2, 0.25) is 5.02 Å². The van der Waals surface area contributed by atoms with Gasteiger partial charge >= 0.3 is 11.8 Å². The average molecular weight is 341 g/mol. The van der Waals surface area contributed by atoms with Gasteiger partial charge < -0.3 is 10.3 Å². The van der Waals surface area contributed by atoms with E-state index in [9.17, 15) is 9.59 Å². The van der Waals surface area contributed by atoms with E-state index in [1.807, 2.05) is 24.3 Å². The lowest BCUT2D eigenvalue weighted by molar-refractivity contribution is -0.136. The summed E-state index contributed by atoms with van der Waals surface area (Å²) in [5.74, 6) is -1.73. The lowest BCUT2D eigenvalue weighted by Gasteiger charge is -2.05. The first-order chi connectivity index (χ1) is 11.6. The highest BCUT2D eigenvalue weighted by atomic mass is 35.5. The molecule has 0 spiro atoms. The van der Waals surface area contributed by atoms with Crippen LogP contribution in [0.1, 0.15) is 5.56 Å². The highest BCUT2D eigenvalue weighted by molar-refractivity contribution is 6.41. The van der Waals surface area contributed by atoms with Crippen LogP contribution >= 0.6 is 11.6 Å². The van der Waals surface area contributed by atoms with Gasteiger partial charge in [0.1, 0.15) is 0 Å². The van der Waals surface area contributed by atoms with Gasteiger partial charge in [-0.05, 0) is 18.2 Å². The fraction of sp³-hybridized carbons (Fsp3) is 0. The number of hydrogen-bond acceptors (Lipinski definition) is 3. The molecule has 0 radical (unpaired) electrons. The molecule has 0 atom stereocenters. The summed E-state index contributed by atoms with van der Waals surface area (Å²) in [4.78, 5) is 26.7. The van der Waals surface area contributed by atoms with Crippen LogP contribution in [0.5, 0.6) is 0 Å². The van der Waals surface area contributed by atoms with Crippen LogP contribution in [0.4, 0.5) is 5.69 Å². The number of hydrogen-bond donors (Lipinski definition) is 3.